The molecule has 0 unspecified atom stereocenters. The molecule has 0 bridgehead atoms. The minimum atomic E-state index is -0.680. The van der Waals surface area contributed by atoms with Crippen molar-refractivity contribution in [2.75, 3.05) is 0 Å². The van der Waals surface area contributed by atoms with Gasteiger partial charge < -0.3 is 0 Å². The van der Waals surface area contributed by atoms with Gasteiger partial charge in [-0.1, -0.05) is 145 Å². The van der Waals surface area contributed by atoms with Gasteiger partial charge in [-0.25, -0.2) is 0 Å². The smallest absolute Gasteiger partial charge is 0.00649 e. The van der Waals surface area contributed by atoms with Crippen molar-refractivity contribution in [3.8, 4) is 0 Å². The molecule has 0 amide bonds. The van der Waals surface area contributed by atoms with Crippen LogP contribution in [-0.4, -0.2) is 0 Å². The van der Waals surface area contributed by atoms with E-state index in [2.05, 4.69) is 146 Å². The predicted molar refractivity (Wildman–Crippen MR) is 149 cm³/mol. The Balaban J connectivity index is 1.77. The summed E-state index contributed by atoms with van der Waals surface area (Å²) in [6.07, 6.45) is 0. The lowest BCUT2D eigenvalue weighted by molar-refractivity contribution is 1.51. The van der Waals surface area contributed by atoms with E-state index in [9.17, 15) is 0 Å². The van der Waals surface area contributed by atoms with E-state index in [0.29, 0.717) is 0 Å². The van der Waals surface area contributed by atoms with Crippen LogP contribution >= 0.6 is 15.8 Å². The van der Waals surface area contributed by atoms with Crippen LogP contribution < -0.4 is 31.8 Å². The average molecular weight is 460 g/mol. The van der Waals surface area contributed by atoms with Crippen molar-refractivity contribution in [2.45, 2.75) is 6.92 Å². The zero-order valence-corrected chi connectivity index (χ0v) is 20.5. The third-order valence-electron chi connectivity index (χ3n) is 5.67. The molecular weight excluding hydrogens is 434 g/mol. The van der Waals surface area contributed by atoms with E-state index in [1.165, 1.54) is 37.4 Å². The summed E-state index contributed by atoms with van der Waals surface area (Å²) in [7, 11) is -1.36. The predicted octanol–water partition coefficient (Wildman–Crippen LogP) is 5.51. The van der Waals surface area contributed by atoms with Crippen LogP contribution in [0.3, 0.4) is 0 Å². The molecule has 0 atom stereocenters. The van der Waals surface area contributed by atoms with E-state index in [0.717, 1.165) is 0 Å². The summed E-state index contributed by atoms with van der Waals surface area (Å²) in [5.74, 6) is 0. The summed E-state index contributed by atoms with van der Waals surface area (Å²) in [4.78, 5) is 0. The third-order valence-corrected chi connectivity index (χ3v) is 10.8. The van der Waals surface area contributed by atoms with Gasteiger partial charge in [0.1, 0.15) is 0 Å². The molecule has 0 nitrogen and oxygen atoms in total. The van der Waals surface area contributed by atoms with Crippen molar-refractivity contribution >= 4 is 47.7 Å². The molecule has 0 spiro atoms. The third kappa shape index (κ3) is 4.84. The summed E-state index contributed by atoms with van der Waals surface area (Å²) in [5.41, 5.74) is 1.31. The van der Waals surface area contributed by atoms with Crippen molar-refractivity contribution in [2.24, 2.45) is 0 Å². The van der Waals surface area contributed by atoms with Gasteiger partial charge in [0.05, 0.1) is 0 Å². The monoisotopic (exact) mass is 460 g/mol. The Bertz CT molecular complexity index is 1220. The Labute approximate surface area is 199 Å². The molecule has 5 aromatic carbocycles. The molecule has 0 radical (unpaired) electrons. The number of hydrogen-bond acceptors (Lipinski definition) is 0. The molecule has 0 aliphatic rings. The zero-order valence-electron chi connectivity index (χ0n) is 18.7. The van der Waals surface area contributed by atoms with Gasteiger partial charge in [-0.15, -0.1) is 0 Å². The topological polar surface area (TPSA) is 0 Å². The normalized spacial score (nSPS) is 11.1. The Hall–Kier alpha value is -3.04. The molecule has 0 heterocycles. The highest BCUT2D eigenvalue weighted by atomic mass is 31.1. The van der Waals surface area contributed by atoms with Gasteiger partial charge in [-0.2, -0.15) is 0 Å². The lowest BCUT2D eigenvalue weighted by Gasteiger charge is -2.28. The minimum absolute atomic E-state index is 0.676. The maximum absolute atomic E-state index is 2.43. The maximum Gasteiger partial charge on any atom is -0.00649 e. The van der Waals surface area contributed by atoms with Crippen LogP contribution in [0.25, 0.3) is 0 Å². The molecule has 0 saturated carbocycles. The maximum atomic E-state index is 2.43. The quantitative estimate of drug-likeness (QED) is 0.293. The van der Waals surface area contributed by atoms with E-state index in [-0.39, 0.29) is 0 Å². The van der Waals surface area contributed by atoms with Crippen LogP contribution in [-0.2, 0) is 0 Å². The molecule has 0 aliphatic heterocycles. The molecule has 0 aromatic heterocycles. The summed E-state index contributed by atoms with van der Waals surface area (Å²) in [6.45, 7) is 2.21. The Morgan fingerprint density at radius 3 is 1.06 bits per heavy atom. The molecule has 0 fully saturated rings. The van der Waals surface area contributed by atoms with Gasteiger partial charge in [0.25, 0.3) is 0 Å². The first kappa shape index (κ1) is 21.8. The van der Waals surface area contributed by atoms with Gasteiger partial charge in [-0.05, 0) is 54.6 Å². The van der Waals surface area contributed by atoms with E-state index in [4.69, 9.17) is 0 Å². The Morgan fingerprint density at radius 1 is 0.364 bits per heavy atom. The summed E-state index contributed by atoms with van der Waals surface area (Å²) < 4.78 is 0. The van der Waals surface area contributed by atoms with Gasteiger partial charge in [0, 0.05) is 0 Å². The van der Waals surface area contributed by atoms with Crippen molar-refractivity contribution in [1.82, 2.24) is 0 Å². The van der Waals surface area contributed by atoms with Crippen LogP contribution in [0.15, 0.2) is 140 Å². The van der Waals surface area contributed by atoms with Crippen LogP contribution in [0.4, 0.5) is 0 Å². The fourth-order valence-electron chi connectivity index (χ4n) is 4.16. The van der Waals surface area contributed by atoms with Crippen molar-refractivity contribution in [3.63, 3.8) is 0 Å². The molecule has 33 heavy (non-hydrogen) atoms. The lowest BCUT2D eigenvalue weighted by Crippen LogP contribution is -2.34. The average Bonchev–Trinajstić information content (AvgIpc) is 2.88. The van der Waals surface area contributed by atoms with Crippen molar-refractivity contribution in [1.29, 1.82) is 0 Å². The van der Waals surface area contributed by atoms with E-state index in [1.807, 2.05) is 0 Å². The van der Waals surface area contributed by atoms with E-state index in [1.54, 1.807) is 0 Å². The first-order valence-corrected chi connectivity index (χ1v) is 13.9. The number of hydrogen-bond donors (Lipinski definition) is 0. The fourth-order valence-corrected chi connectivity index (χ4v) is 9.51. The second-order valence-electron chi connectivity index (χ2n) is 8.01. The lowest BCUT2D eigenvalue weighted by atomic mass is 10.2. The van der Waals surface area contributed by atoms with Gasteiger partial charge in [0.15, 0.2) is 0 Å². The minimum Gasteiger partial charge on any atom is -0.0622 e. The first-order chi connectivity index (χ1) is 16.3. The molecule has 0 N–H and O–H groups in total. The van der Waals surface area contributed by atoms with Crippen molar-refractivity contribution in [3.05, 3.63) is 145 Å². The van der Waals surface area contributed by atoms with E-state index >= 15 is 0 Å². The molecule has 5 rings (SSSR count). The van der Waals surface area contributed by atoms with E-state index < -0.39 is 15.8 Å². The van der Waals surface area contributed by atoms with Gasteiger partial charge in [-0.3, -0.25) is 0 Å². The first-order valence-electron chi connectivity index (χ1n) is 11.2. The Morgan fingerprint density at radius 2 is 0.697 bits per heavy atom. The van der Waals surface area contributed by atoms with Gasteiger partial charge >= 0.3 is 0 Å². The van der Waals surface area contributed by atoms with Gasteiger partial charge in [0.2, 0.25) is 0 Å². The van der Waals surface area contributed by atoms with Crippen LogP contribution in [0.1, 0.15) is 5.56 Å². The SMILES string of the molecule is Cc1ccc(P(c2ccccc2)c2ccccc2)c(P(c2ccccc2)c2ccccc2)c1. The molecule has 5 aromatic rings. The van der Waals surface area contributed by atoms with Crippen LogP contribution in [0.5, 0.6) is 0 Å². The fraction of sp³-hybridized carbons (Fsp3) is 0.0323. The zero-order chi connectivity index (χ0) is 22.5. The molecule has 2 heteroatoms. The molecule has 0 saturated heterocycles. The largest absolute Gasteiger partial charge is 0.0622 e. The highest BCUT2D eigenvalue weighted by molar-refractivity contribution is 7.85. The summed E-state index contributed by atoms with van der Waals surface area (Å²) in [5, 5.41) is 8.47. The summed E-state index contributed by atoms with van der Waals surface area (Å²) in [6, 6.07) is 51.2. The van der Waals surface area contributed by atoms with Crippen molar-refractivity contribution < 1.29 is 0 Å². The molecule has 160 valence electrons. The molecular formula is C31H26P2. The highest BCUT2D eigenvalue weighted by Crippen LogP contribution is 2.39. The number of aryl methyl sites for hydroxylation is 1. The molecule has 0 aliphatic carbocycles. The van der Waals surface area contributed by atoms with Crippen LogP contribution in [0, 0.1) is 6.92 Å². The second-order valence-corrected chi connectivity index (χ2v) is 12.4. The number of benzene rings is 5. The second kappa shape index (κ2) is 10.3. The standard InChI is InChI=1S/C31H26P2/c1-25-22-23-30(32(26-14-6-2-7-15-26)27-16-8-3-9-17-27)31(24-25)33(28-18-10-4-11-19-28)29-20-12-5-13-21-29/h2-24H,1H3. The number of rotatable bonds is 6. The Kier molecular flexibility index (Phi) is 6.78. The van der Waals surface area contributed by atoms with Crippen LogP contribution in [0.2, 0.25) is 0 Å². The summed E-state index contributed by atoms with van der Waals surface area (Å²) >= 11 is 0. The highest BCUT2D eigenvalue weighted by Gasteiger charge is 2.25.